The molecule has 5 rings (SSSR count). The maximum Gasteiger partial charge on any atom is 0.255 e. The fraction of sp³-hybridized carbons (Fsp3) is 0.333. The molecule has 42 heavy (non-hydrogen) atoms. The van der Waals surface area contributed by atoms with Gasteiger partial charge in [0.2, 0.25) is 0 Å². The molecule has 0 saturated heterocycles. The minimum atomic E-state index is -0.132. The molecule has 0 aliphatic heterocycles. The van der Waals surface area contributed by atoms with Crippen LogP contribution in [0.2, 0.25) is 10.0 Å². The molecule has 2 heterocycles. The first-order valence-corrected chi connectivity index (χ1v) is 15.4. The maximum absolute atomic E-state index is 13.5. The topological polar surface area (TPSA) is 73.1 Å². The van der Waals surface area contributed by atoms with Gasteiger partial charge >= 0.3 is 0 Å². The van der Waals surface area contributed by atoms with E-state index in [1.54, 1.807) is 43.1 Å². The van der Waals surface area contributed by atoms with Gasteiger partial charge in [-0.2, -0.15) is 0 Å². The van der Waals surface area contributed by atoms with Crippen LogP contribution in [0.15, 0.2) is 64.2 Å². The molecular weight excluding hydrogens is 591 g/mol. The summed E-state index contributed by atoms with van der Waals surface area (Å²) in [6.07, 6.45) is 6.24. The maximum atomic E-state index is 13.5. The number of carbonyl (C=O) groups is 1. The zero-order chi connectivity index (χ0) is 29.9. The van der Waals surface area contributed by atoms with E-state index in [1.807, 2.05) is 36.4 Å². The lowest BCUT2D eigenvalue weighted by atomic mass is 9.72. The molecule has 1 aliphatic carbocycles. The fourth-order valence-electron chi connectivity index (χ4n) is 5.12. The van der Waals surface area contributed by atoms with Gasteiger partial charge in [-0.05, 0) is 84.2 Å². The molecule has 0 spiro atoms. The predicted molar refractivity (Wildman–Crippen MR) is 170 cm³/mol. The molecule has 0 bridgehead atoms. The summed E-state index contributed by atoms with van der Waals surface area (Å²) in [7, 11) is 1.60. The minimum Gasteiger partial charge on any atom is -0.493 e. The van der Waals surface area contributed by atoms with Crippen LogP contribution in [-0.2, 0) is 26.0 Å². The van der Waals surface area contributed by atoms with Crippen molar-refractivity contribution in [1.29, 1.82) is 0 Å². The number of furan rings is 1. The quantitative estimate of drug-likeness (QED) is 0.188. The standard InChI is InChI=1S/C33H34Cl2N2O4S/c1-33(2,3)22-9-11-25-29(15-22)42-32(30(25)31(38)36-18-24-6-5-13-40-24)37-17-20-7-12-27(28(14-20)39-4)41-19-21-8-10-23(34)16-26(21)35/h5-8,10,12-14,16-17,22H,9,11,15,18-19H2,1-4H3,(H,36,38)/t22-/m1/s1. The summed E-state index contributed by atoms with van der Waals surface area (Å²) in [5.74, 6) is 2.28. The van der Waals surface area contributed by atoms with E-state index in [2.05, 4.69) is 26.1 Å². The highest BCUT2D eigenvalue weighted by molar-refractivity contribution is 7.16. The molecule has 0 fully saturated rings. The number of halogens is 2. The van der Waals surface area contributed by atoms with Gasteiger partial charge in [-0.3, -0.25) is 4.79 Å². The van der Waals surface area contributed by atoms with Crippen LogP contribution in [0.5, 0.6) is 11.5 Å². The number of hydrogen-bond donors (Lipinski definition) is 1. The van der Waals surface area contributed by atoms with E-state index in [0.29, 0.717) is 50.3 Å². The third-order valence-corrected chi connectivity index (χ3v) is 9.37. The van der Waals surface area contributed by atoms with Crippen LogP contribution in [0.1, 0.15) is 64.9 Å². The highest BCUT2D eigenvalue weighted by Gasteiger charge is 2.33. The van der Waals surface area contributed by atoms with Gasteiger partial charge in [-0.1, -0.05) is 50.0 Å². The number of methoxy groups -OCH3 is 1. The van der Waals surface area contributed by atoms with Crippen LogP contribution < -0.4 is 14.8 Å². The molecule has 1 N–H and O–H groups in total. The monoisotopic (exact) mass is 624 g/mol. The van der Waals surface area contributed by atoms with Gasteiger partial charge in [0, 0.05) is 26.7 Å². The summed E-state index contributed by atoms with van der Waals surface area (Å²) in [5, 5.41) is 4.85. The summed E-state index contributed by atoms with van der Waals surface area (Å²) in [4.78, 5) is 19.6. The van der Waals surface area contributed by atoms with Gasteiger partial charge in [0.05, 0.1) is 25.5 Å². The normalized spacial score (nSPS) is 15.0. The van der Waals surface area contributed by atoms with E-state index < -0.39 is 0 Å². The third kappa shape index (κ3) is 7.02. The van der Waals surface area contributed by atoms with Crippen LogP contribution in [0.25, 0.3) is 0 Å². The van der Waals surface area contributed by atoms with Crippen LogP contribution in [0, 0.1) is 11.3 Å². The Morgan fingerprint density at radius 2 is 2.00 bits per heavy atom. The molecular formula is C33H34Cl2N2O4S. The number of thiophene rings is 1. The molecule has 6 nitrogen and oxygen atoms in total. The number of benzene rings is 2. The van der Waals surface area contributed by atoms with Crippen molar-refractivity contribution in [1.82, 2.24) is 5.32 Å². The Morgan fingerprint density at radius 1 is 1.17 bits per heavy atom. The number of hydrogen-bond acceptors (Lipinski definition) is 6. The van der Waals surface area contributed by atoms with Crippen molar-refractivity contribution >= 4 is 51.7 Å². The number of rotatable bonds is 9. The van der Waals surface area contributed by atoms with E-state index in [4.69, 9.17) is 42.1 Å². The van der Waals surface area contributed by atoms with E-state index in [-0.39, 0.29) is 17.9 Å². The fourth-order valence-corrected chi connectivity index (χ4v) is 6.85. The molecule has 2 aromatic carbocycles. The van der Waals surface area contributed by atoms with Crippen molar-refractivity contribution in [2.75, 3.05) is 7.11 Å². The van der Waals surface area contributed by atoms with E-state index >= 15 is 0 Å². The van der Waals surface area contributed by atoms with E-state index in [1.165, 1.54) is 4.88 Å². The largest absolute Gasteiger partial charge is 0.493 e. The first-order chi connectivity index (χ1) is 20.1. The first kappa shape index (κ1) is 30.2. The lowest BCUT2D eigenvalue weighted by molar-refractivity contribution is 0.0947. The molecule has 1 amide bonds. The lowest BCUT2D eigenvalue weighted by Crippen LogP contribution is -2.28. The second kappa shape index (κ2) is 12.9. The molecule has 1 atom stereocenters. The van der Waals surface area contributed by atoms with Gasteiger partial charge in [-0.25, -0.2) is 4.99 Å². The Bertz CT molecular complexity index is 1590. The highest BCUT2D eigenvalue weighted by atomic mass is 35.5. The highest BCUT2D eigenvalue weighted by Crippen LogP contribution is 2.45. The molecule has 1 aliphatic rings. The van der Waals surface area contributed by atoms with Crippen molar-refractivity contribution in [2.45, 2.75) is 53.2 Å². The van der Waals surface area contributed by atoms with Crippen LogP contribution in [0.4, 0.5) is 5.00 Å². The average molecular weight is 626 g/mol. The van der Waals surface area contributed by atoms with Gasteiger partial charge in [-0.15, -0.1) is 11.3 Å². The van der Waals surface area contributed by atoms with E-state index in [9.17, 15) is 4.79 Å². The van der Waals surface area contributed by atoms with Gasteiger partial charge in [0.25, 0.3) is 5.91 Å². The lowest BCUT2D eigenvalue weighted by Gasteiger charge is -2.33. The molecule has 4 aromatic rings. The van der Waals surface area contributed by atoms with Crippen molar-refractivity contribution in [3.8, 4) is 11.5 Å². The van der Waals surface area contributed by atoms with Gasteiger partial charge in [0.15, 0.2) is 11.5 Å². The molecule has 0 saturated carbocycles. The number of ether oxygens (including phenoxy) is 2. The van der Waals surface area contributed by atoms with Gasteiger partial charge < -0.3 is 19.2 Å². The summed E-state index contributed by atoms with van der Waals surface area (Å²) < 4.78 is 17.0. The zero-order valence-electron chi connectivity index (χ0n) is 24.1. The Hall–Kier alpha value is -3.26. The average Bonchev–Trinajstić information content (AvgIpc) is 3.61. The Balaban J connectivity index is 1.38. The number of amides is 1. The Morgan fingerprint density at radius 3 is 2.71 bits per heavy atom. The molecule has 0 unspecified atom stereocenters. The molecule has 2 aromatic heterocycles. The second-order valence-electron chi connectivity index (χ2n) is 11.4. The summed E-state index contributed by atoms with van der Waals surface area (Å²) in [6, 6.07) is 14.6. The second-order valence-corrected chi connectivity index (χ2v) is 13.4. The SMILES string of the molecule is COc1cc(C=Nc2sc3c(c2C(=O)NCc2ccco2)CC[C@@H](C(C)(C)C)C3)ccc1OCc1ccc(Cl)cc1Cl. The first-order valence-electron chi connectivity index (χ1n) is 13.9. The van der Waals surface area contributed by atoms with Crippen LogP contribution in [0.3, 0.4) is 0 Å². The van der Waals surface area contributed by atoms with Crippen LogP contribution in [-0.4, -0.2) is 19.2 Å². The Labute approximate surface area is 260 Å². The number of carbonyl (C=O) groups excluding carboxylic acids is 1. The number of nitrogens with zero attached hydrogens (tertiary/aromatic N) is 1. The third-order valence-electron chi connectivity index (χ3n) is 7.62. The van der Waals surface area contributed by atoms with Crippen molar-refractivity contribution in [2.24, 2.45) is 16.3 Å². The van der Waals surface area contributed by atoms with Crippen molar-refractivity contribution in [3.63, 3.8) is 0 Å². The molecule has 0 radical (unpaired) electrons. The summed E-state index contributed by atoms with van der Waals surface area (Å²) >= 11 is 13.9. The van der Waals surface area contributed by atoms with Crippen molar-refractivity contribution in [3.05, 3.63) is 97.7 Å². The van der Waals surface area contributed by atoms with Gasteiger partial charge in [0.1, 0.15) is 17.4 Å². The smallest absolute Gasteiger partial charge is 0.255 e. The van der Waals surface area contributed by atoms with Crippen molar-refractivity contribution < 1.29 is 18.7 Å². The number of aliphatic imine (C=N–C) groups is 1. The zero-order valence-corrected chi connectivity index (χ0v) is 26.5. The summed E-state index contributed by atoms with van der Waals surface area (Å²) in [5.41, 5.74) is 3.63. The predicted octanol–water partition coefficient (Wildman–Crippen LogP) is 9.07. The van der Waals surface area contributed by atoms with E-state index in [0.717, 1.165) is 36.0 Å². The minimum absolute atomic E-state index is 0.132. The summed E-state index contributed by atoms with van der Waals surface area (Å²) in [6.45, 7) is 7.46. The number of nitrogens with one attached hydrogen (secondary N) is 1. The number of fused-ring (bicyclic) bond motifs is 1. The van der Waals surface area contributed by atoms with Crippen LogP contribution >= 0.6 is 34.5 Å². The molecule has 9 heteroatoms. The molecule has 220 valence electrons. The Kier molecular flexibility index (Phi) is 9.31.